The minimum Gasteiger partial charge on any atom is -0.436 e. The first-order chi connectivity index (χ1) is 12.2. The van der Waals surface area contributed by atoms with E-state index in [0.29, 0.717) is 23.7 Å². The Morgan fingerprint density at radius 3 is 2.76 bits per heavy atom. The lowest BCUT2D eigenvalue weighted by atomic mass is 10.1. The van der Waals surface area contributed by atoms with Crippen molar-refractivity contribution in [1.82, 2.24) is 4.98 Å². The number of hydrogen-bond acceptors (Lipinski definition) is 5. The van der Waals surface area contributed by atoms with Gasteiger partial charge in [0.05, 0.1) is 4.92 Å². The SMILES string of the molecule is CCCCCCNc1cc(-c2nc3ccccc3o2)ccc1[N+](=O)[O-]. The van der Waals surface area contributed by atoms with E-state index in [1.54, 1.807) is 12.1 Å². The molecule has 0 fully saturated rings. The molecule has 0 aliphatic rings. The number of fused-ring (bicyclic) bond motifs is 1. The zero-order valence-electron chi connectivity index (χ0n) is 14.2. The topological polar surface area (TPSA) is 81.2 Å². The van der Waals surface area contributed by atoms with E-state index in [4.69, 9.17) is 4.42 Å². The van der Waals surface area contributed by atoms with E-state index < -0.39 is 0 Å². The minimum absolute atomic E-state index is 0.0651. The molecule has 1 N–H and O–H groups in total. The van der Waals surface area contributed by atoms with Crippen LogP contribution in [0.3, 0.4) is 0 Å². The summed E-state index contributed by atoms with van der Waals surface area (Å²) in [5.41, 5.74) is 2.75. The minimum atomic E-state index is -0.371. The van der Waals surface area contributed by atoms with Crippen molar-refractivity contribution >= 4 is 22.5 Å². The molecule has 0 unspecified atom stereocenters. The van der Waals surface area contributed by atoms with Gasteiger partial charge in [0, 0.05) is 18.2 Å². The molecular weight excluding hydrogens is 318 g/mol. The van der Waals surface area contributed by atoms with Gasteiger partial charge < -0.3 is 9.73 Å². The molecule has 0 spiro atoms. The fourth-order valence-corrected chi connectivity index (χ4v) is 2.74. The first-order valence-electron chi connectivity index (χ1n) is 8.57. The smallest absolute Gasteiger partial charge is 0.292 e. The van der Waals surface area contributed by atoms with Gasteiger partial charge >= 0.3 is 0 Å². The summed E-state index contributed by atoms with van der Waals surface area (Å²) >= 11 is 0. The van der Waals surface area contributed by atoms with Crippen LogP contribution in [0.15, 0.2) is 46.9 Å². The van der Waals surface area contributed by atoms with Crippen molar-refractivity contribution in [2.24, 2.45) is 0 Å². The van der Waals surface area contributed by atoms with E-state index in [0.717, 1.165) is 30.3 Å². The van der Waals surface area contributed by atoms with Crippen LogP contribution in [-0.2, 0) is 0 Å². The Morgan fingerprint density at radius 2 is 2.00 bits per heavy atom. The summed E-state index contributed by atoms with van der Waals surface area (Å²) in [6, 6.07) is 12.4. The normalized spacial score (nSPS) is 10.9. The Morgan fingerprint density at radius 1 is 1.16 bits per heavy atom. The Labute approximate surface area is 146 Å². The molecule has 0 bridgehead atoms. The molecule has 0 aliphatic carbocycles. The molecule has 2 aromatic carbocycles. The largest absolute Gasteiger partial charge is 0.436 e. The molecular formula is C19H21N3O3. The zero-order chi connectivity index (χ0) is 17.6. The fraction of sp³-hybridized carbons (Fsp3) is 0.316. The molecule has 0 atom stereocenters. The molecule has 6 nitrogen and oxygen atoms in total. The van der Waals surface area contributed by atoms with Gasteiger partial charge in [-0.25, -0.2) is 4.98 Å². The number of nitro groups is 1. The highest BCUT2D eigenvalue weighted by atomic mass is 16.6. The summed E-state index contributed by atoms with van der Waals surface area (Å²) in [5.74, 6) is 0.463. The maximum absolute atomic E-state index is 11.3. The molecule has 1 aromatic heterocycles. The van der Waals surface area contributed by atoms with Gasteiger partial charge in [0.25, 0.3) is 5.69 Å². The number of oxazole rings is 1. The molecule has 0 amide bonds. The number of nitrogens with zero attached hydrogens (tertiary/aromatic N) is 2. The molecule has 0 saturated heterocycles. The summed E-state index contributed by atoms with van der Waals surface area (Å²) in [6.07, 6.45) is 4.43. The van der Waals surface area contributed by atoms with Crippen molar-refractivity contribution in [3.05, 3.63) is 52.6 Å². The Hall–Kier alpha value is -2.89. The number of unbranched alkanes of at least 4 members (excludes halogenated alkanes) is 3. The zero-order valence-corrected chi connectivity index (χ0v) is 14.2. The van der Waals surface area contributed by atoms with Gasteiger partial charge in [0.2, 0.25) is 5.89 Å². The second-order valence-corrected chi connectivity index (χ2v) is 5.96. The summed E-state index contributed by atoms with van der Waals surface area (Å²) < 4.78 is 5.76. The van der Waals surface area contributed by atoms with Crippen molar-refractivity contribution < 1.29 is 9.34 Å². The summed E-state index contributed by atoms with van der Waals surface area (Å²) in [4.78, 5) is 15.4. The van der Waals surface area contributed by atoms with E-state index in [1.165, 1.54) is 12.5 Å². The first kappa shape index (κ1) is 17.0. The number of para-hydroxylation sites is 2. The maximum Gasteiger partial charge on any atom is 0.292 e. The van der Waals surface area contributed by atoms with Crippen LogP contribution in [0.25, 0.3) is 22.6 Å². The van der Waals surface area contributed by atoms with E-state index in [9.17, 15) is 10.1 Å². The highest BCUT2D eigenvalue weighted by molar-refractivity contribution is 5.78. The number of aromatic nitrogens is 1. The van der Waals surface area contributed by atoms with Crippen LogP contribution in [-0.4, -0.2) is 16.5 Å². The van der Waals surface area contributed by atoms with Crippen molar-refractivity contribution in [3.63, 3.8) is 0 Å². The third-order valence-electron chi connectivity index (χ3n) is 4.08. The lowest BCUT2D eigenvalue weighted by Crippen LogP contribution is -2.04. The summed E-state index contributed by atoms with van der Waals surface area (Å²) in [6.45, 7) is 2.86. The molecule has 130 valence electrons. The number of hydrogen-bond donors (Lipinski definition) is 1. The van der Waals surface area contributed by atoms with Crippen LogP contribution < -0.4 is 5.32 Å². The predicted octanol–water partition coefficient (Wildman–Crippen LogP) is 5.40. The number of nitrogens with one attached hydrogen (secondary N) is 1. The molecule has 6 heteroatoms. The van der Waals surface area contributed by atoms with Crippen LogP contribution in [0, 0.1) is 10.1 Å². The highest BCUT2D eigenvalue weighted by Crippen LogP contribution is 2.31. The van der Waals surface area contributed by atoms with E-state index in [2.05, 4.69) is 17.2 Å². The average Bonchev–Trinajstić information content (AvgIpc) is 3.05. The third-order valence-corrected chi connectivity index (χ3v) is 4.08. The van der Waals surface area contributed by atoms with Gasteiger partial charge in [0.1, 0.15) is 11.2 Å². The molecule has 0 radical (unpaired) electrons. The number of benzene rings is 2. The molecule has 3 aromatic rings. The second kappa shape index (κ2) is 7.79. The number of nitro benzene ring substituents is 1. The Bertz CT molecular complexity index is 840. The molecule has 3 rings (SSSR count). The number of anilines is 1. The number of rotatable bonds is 8. The highest BCUT2D eigenvalue weighted by Gasteiger charge is 2.16. The first-order valence-corrected chi connectivity index (χ1v) is 8.57. The van der Waals surface area contributed by atoms with E-state index in [-0.39, 0.29) is 10.6 Å². The predicted molar refractivity (Wildman–Crippen MR) is 98.7 cm³/mol. The Balaban J connectivity index is 1.85. The molecule has 0 saturated carbocycles. The van der Waals surface area contributed by atoms with Crippen LogP contribution in [0.2, 0.25) is 0 Å². The van der Waals surface area contributed by atoms with Gasteiger partial charge in [-0.2, -0.15) is 0 Å². The van der Waals surface area contributed by atoms with E-state index >= 15 is 0 Å². The maximum atomic E-state index is 11.3. The molecule has 1 heterocycles. The van der Waals surface area contributed by atoms with Crippen molar-refractivity contribution in [3.8, 4) is 11.5 Å². The molecule has 0 aliphatic heterocycles. The summed E-state index contributed by atoms with van der Waals surface area (Å²) in [5, 5.41) is 14.5. The van der Waals surface area contributed by atoms with Crippen LogP contribution in [0.5, 0.6) is 0 Å². The second-order valence-electron chi connectivity index (χ2n) is 5.96. The summed E-state index contributed by atoms with van der Waals surface area (Å²) in [7, 11) is 0. The van der Waals surface area contributed by atoms with Crippen LogP contribution in [0.1, 0.15) is 32.6 Å². The van der Waals surface area contributed by atoms with Gasteiger partial charge in [-0.1, -0.05) is 38.3 Å². The lowest BCUT2D eigenvalue weighted by molar-refractivity contribution is -0.383. The van der Waals surface area contributed by atoms with Gasteiger partial charge in [-0.15, -0.1) is 0 Å². The van der Waals surface area contributed by atoms with Gasteiger partial charge in [0.15, 0.2) is 5.58 Å². The third kappa shape index (κ3) is 3.96. The monoisotopic (exact) mass is 339 g/mol. The van der Waals surface area contributed by atoms with Crippen molar-refractivity contribution in [2.75, 3.05) is 11.9 Å². The van der Waals surface area contributed by atoms with E-state index in [1.807, 2.05) is 24.3 Å². The van der Waals surface area contributed by atoms with Crippen LogP contribution >= 0.6 is 0 Å². The lowest BCUT2D eigenvalue weighted by Gasteiger charge is -2.08. The average molecular weight is 339 g/mol. The van der Waals surface area contributed by atoms with Crippen LogP contribution in [0.4, 0.5) is 11.4 Å². The quantitative estimate of drug-likeness (QED) is 0.338. The Kier molecular flexibility index (Phi) is 5.28. The van der Waals surface area contributed by atoms with Gasteiger partial charge in [-0.05, 0) is 30.7 Å². The fourth-order valence-electron chi connectivity index (χ4n) is 2.74. The van der Waals surface area contributed by atoms with Crippen molar-refractivity contribution in [1.29, 1.82) is 0 Å². The van der Waals surface area contributed by atoms with Crippen molar-refractivity contribution in [2.45, 2.75) is 32.6 Å². The standard InChI is InChI=1S/C19H21N3O3/c1-2-3-4-7-12-20-16-13-14(10-11-17(16)22(23)24)19-21-15-8-5-6-9-18(15)25-19/h5-6,8-11,13,20H,2-4,7,12H2,1H3. The molecule has 25 heavy (non-hydrogen) atoms. The van der Waals surface area contributed by atoms with Gasteiger partial charge in [-0.3, -0.25) is 10.1 Å².